The largest absolute Gasteiger partial charge is 0.478 e. The molecule has 6 N–H and O–H groups in total. The number of halogens is 1. The molecule has 0 bridgehead atoms. The van der Waals surface area contributed by atoms with E-state index in [2.05, 4.69) is 17.0 Å². The number of phosphoric ester groups is 1. The molecular formula is C41H61FN5O11P. The first-order valence-electron chi connectivity index (χ1n) is 20.8. The fourth-order valence-corrected chi connectivity index (χ4v) is 7.88. The Labute approximate surface area is 345 Å². The molecule has 18 heteroatoms. The van der Waals surface area contributed by atoms with Crippen molar-refractivity contribution in [3.05, 3.63) is 59.3 Å². The molecule has 0 saturated carbocycles. The number of hydrogen-bond donors (Lipinski definition) is 5. The summed E-state index contributed by atoms with van der Waals surface area (Å²) in [4.78, 5) is 25.9. The van der Waals surface area contributed by atoms with Gasteiger partial charge in [-0.05, 0) is 42.3 Å². The number of rotatable bonds is 30. The Balaban J connectivity index is 1.22. The number of aromatic carboxylic acids is 1. The third kappa shape index (κ3) is 14.8. The molecule has 0 radical (unpaired) electrons. The van der Waals surface area contributed by atoms with Crippen LogP contribution < -0.4 is 5.73 Å². The lowest BCUT2D eigenvalue weighted by Crippen LogP contribution is -2.41. The van der Waals surface area contributed by atoms with Crippen LogP contribution in [-0.2, 0) is 40.0 Å². The standard InChI is InChI=1S/C41H61FN5O11P/c1-2-3-4-5-6-7-8-9-10-11-12-13-14-15-16-17-20-54-25-33(55-24-30-21-31(40(50)51)23-32(42)22-30)26-56-59(52,53)57-27-35-37(48)38(49)41(28-43,58-35)36-19-18-34-39(44)45-29-46-47(34)36/h18-19,21-23,29,33,35,37-38,48-49H,2-17,20,24-27H2,1H3,(H,50,51)(H,52,53)(H2,44,45,46)/t33-,35-,37-,38-,41+/m1/s1. The van der Waals surface area contributed by atoms with Gasteiger partial charge in [0.1, 0.15) is 48.1 Å². The molecule has 2 aromatic heterocycles. The quantitative estimate of drug-likeness (QED) is 0.0336. The van der Waals surface area contributed by atoms with Crippen molar-refractivity contribution in [3.63, 3.8) is 0 Å². The number of ether oxygens (including phenoxy) is 3. The molecule has 1 saturated heterocycles. The minimum atomic E-state index is -4.88. The SMILES string of the molecule is CCCCCCCCCCCCCCCCCCOC[C@H](COP(=O)(O)OC[C@H]1O[C@@](C#N)(c2ccc3c(N)ncnn23)[C@H](O)[C@@H]1O)OCc1cc(F)cc(C(=O)O)c1. The summed E-state index contributed by atoms with van der Waals surface area (Å²) >= 11 is 0. The maximum Gasteiger partial charge on any atom is 0.472 e. The lowest BCUT2D eigenvalue weighted by Gasteiger charge is -2.24. The van der Waals surface area contributed by atoms with Gasteiger partial charge in [0.2, 0.25) is 5.60 Å². The number of benzene rings is 1. The van der Waals surface area contributed by atoms with Crippen molar-refractivity contribution >= 4 is 25.1 Å². The van der Waals surface area contributed by atoms with Crippen molar-refractivity contribution in [2.75, 3.05) is 32.2 Å². The maximum absolute atomic E-state index is 14.1. The van der Waals surface area contributed by atoms with Gasteiger partial charge in [-0.3, -0.25) is 9.05 Å². The number of fused-ring (bicyclic) bond motifs is 1. The molecule has 59 heavy (non-hydrogen) atoms. The minimum Gasteiger partial charge on any atom is -0.478 e. The number of aliphatic hydroxyl groups excluding tert-OH is 2. The van der Waals surface area contributed by atoms with Crippen LogP contribution in [0.1, 0.15) is 131 Å². The average molecular weight is 850 g/mol. The summed E-state index contributed by atoms with van der Waals surface area (Å²) in [5.74, 6) is -1.99. The van der Waals surface area contributed by atoms with E-state index in [-0.39, 0.29) is 35.9 Å². The number of hydrogen-bond acceptors (Lipinski definition) is 13. The van der Waals surface area contributed by atoms with E-state index in [4.69, 9.17) is 29.0 Å². The van der Waals surface area contributed by atoms with Crippen LogP contribution in [0.5, 0.6) is 0 Å². The van der Waals surface area contributed by atoms with Crippen LogP contribution in [0, 0.1) is 17.1 Å². The van der Waals surface area contributed by atoms with E-state index in [0.717, 1.165) is 44.1 Å². The highest BCUT2D eigenvalue weighted by atomic mass is 31.2. The van der Waals surface area contributed by atoms with E-state index >= 15 is 0 Å². The molecule has 1 aromatic carbocycles. The predicted molar refractivity (Wildman–Crippen MR) is 216 cm³/mol. The third-order valence-corrected chi connectivity index (χ3v) is 11.4. The van der Waals surface area contributed by atoms with E-state index < -0.39 is 62.8 Å². The van der Waals surface area contributed by atoms with Gasteiger partial charge in [-0.1, -0.05) is 103 Å². The van der Waals surface area contributed by atoms with Crippen LogP contribution in [0.2, 0.25) is 0 Å². The number of nitrogen functional groups attached to an aromatic ring is 1. The Morgan fingerprint density at radius 3 is 2.22 bits per heavy atom. The molecule has 0 amide bonds. The van der Waals surface area contributed by atoms with Crippen molar-refractivity contribution in [1.29, 1.82) is 5.26 Å². The number of carbonyl (C=O) groups is 1. The first-order chi connectivity index (χ1) is 28.4. The van der Waals surface area contributed by atoms with Crippen molar-refractivity contribution in [2.45, 2.75) is 146 Å². The van der Waals surface area contributed by atoms with E-state index in [0.29, 0.717) is 12.1 Å². The summed E-state index contributed by atoms with van der Waals surface area (Å²) < 4.78 is 56.2. The molecule has 1 fully saturated rings. The number of nitriles is 1. The molecular weight excluding hydrogens is 788 g/mol. The smallest absolute Gasteiger partial charge is 0.472 e. The Bertz CT molecular complexity index is 1830. The van der Waals surface area contributed by atoms with Crippen molar-refractivity contribution in [1.82, 2.24) is 14.6 Å². The number of carboxylic acid groups (broad SMARTS) is 1. The van der Waals surface area contributed by atoms with E-state index in [1.807, 2.05) is 6.07 Å². The van der Waals surface area contributed by atoms with Gasteiger partial charge in [0.25, 0.3) is 0 Å². The third-order valence-electron chi connectivity index (χ3n) is 10.4. The van der Waals surface area contributed by atoms with Gasteiger partial charge in [-0.25, -0.2) is 23.2 Å². The Hall–Kier alpha value is -3.56. The van der Waals surface area contributed by atoms with Gasteiger partial charge in [0, 0.05) is 6.61 Å². The number of anilines is 1. The van der Waals surface area contributed by atoms with Crippen molar-refractivity contribution in [3.8, 4) is 6.07 Å². The summed E-state index contributed by atoms with van der Waals surface area (Å²) in [6, 6.07) is 8.06. The molecule has 1 unspecified atom stereocenters. The highest BCUT2D eigenvalue weighted by Crippen LogP contribution is 2.46. The predicted octanol–water partition coefficient (Wildman–Crippen LogP) is 6.99. The Kier molecular flexibility index (Phi) is 20.1. The van der Waals surface area contributed by atoms with Gasteiger partial charge in [0.15, 0.2) is 5.82 Å². The molecule has 0 aliphatic carbocycles. The lowest BCUT2D eigenvalue weighted by atomic mass is 9.92. The van der Waals surface area contributed by atoms with Gasteiger partial charge < -0.3 is 40.2 Å². The summed E-state index contributed by atoms with van der Waals surface area (Å²) in [6.45, 7) is 1.02. The highest BCUT2D eigenvalue weighted by molar-refractivity contribution is 7.47. The summed E-state index contributed by atoms with van der Waals surface area (Å²) in [5, 5.41) is 45.3. The van der Waals surface area contributed by atoms with E-state index in [1.165, 1.54) is 99.8 Å². The zero-order valence-electron chi connectivity index (χ0n) is 34.0. The monoisotopic (exact) mass is 849 g/mol. The lowest BCUT2D eigenvalue weighted by molar-refractivity contribution is -0.0690. The summed E-state index contributed by atoms with van der Waals surface area (Å²) in [5.41, 5.74) is 4.04. The van der Waals surface area contributed by atoms with Crippen molar-refractivity contribution < 1.29 is 57.2 Å². The van der Waals surface area contributed by atoms with Crippen LogP contribution in [-0.4, -0.2) is 91.6 Å². The van der Waals surface area contributed by atoms with Crippen LogP contribution in [0.25, 0.3) is 5.52 Å². The number of unbranched alkanes of at least 4 members (excludes halogenated alkanes) is 15. The second kappa shape index (κ2) is 24.6. The highest BCUT2D eigenvalue weighted by Gasteiger charge is 2.58. The summed E-state index contributed by atoms with van der Waals surface area (Å²) in [7, 11) is -4.88. The number of phosphoric acid groups is 1. The molecule has 1 aliphatic rings. The number of aliphatic hydroxyl groups is 2. The Morgan fingerprint density at radius 1 is 0.983 bits per heavy atom. The minimum absolute atomic E-state index is 0.0370. The molecule has 4 rings (SSSR count). The fourth-order valence-electron chi connectivity index (χ4n) is 7.12. The molecule has 6 atom stereocenters. The van der Waals surface area contributed by atoms with Crippen LogP contribution in [0.4, 0.5) is 10.2 Å². The Morgan fingerprint density at radius 2 is 1.61 bits per heavy atom. The molecule has 328 valence electrons. The number of nitrogens with zero attached hydrogens (tertiary/aromatic N) is 4. The average Bonchev–Trinajstić information content (AvgIpc) is 3.76. The number of carboxylic acids is 1. The topological polar surface area (TPSA) is 241 Å². The number of nitrogens with two attached hydrogens (primary N) is 1. The zero-order valence-corrected chi connectivity index (χ0v) is 34.9. The molecule has 3 heterocycles. The first kappa shape index (κ1) is 48.1. The maximum atomic E-state index is 14.1. The van der Waals surface area contributed by atoms with Crippen LogP contribution in [0.15, 0.2) is 36.7 Å². The second-order valence-electron chi connectivity index (χ2n) is 15.1. The first-order valence-corrected chi connectivity index (χ1v) is 22.3. The van der Waals surface area contributed by atoms with Gasteiger partial charge >= 0.3 is 13.8 Å². The summed E-state index contributed by atoms with van der Waals surface area (Å²) in [6.07, 6.45) is 15.0. The van der Waals surface area contributed by atoms with Crippen LogP contribution in [0.3, 0.4) is 0 Å². The molecule has 1 aliphatic heterocycles. The van der Waals surface area contributed by atoms with E-state index in [1.54, 1.807) is 0 Å². The normalized spacial score (nSPS) is 20.8. The van der Waals surface area contributed by atoms with Crippen LogP contribution >= 0.6 is 7.82 Å². The second-order valence-corrected chi connectivity index (χ2v) is 16.6. The fraction of sp³-hybridized carbons (Fsp3) is 0.659. The van der Waals surface area contributed by atoms with Gasteiger partial charge in [0.05, 0.1) is 37.7 Å². The van der Waals surface area contributed by atoms with Gasteiger partial charge in [-0.2, -0.15) is 10.4 Å². The van der Waals surface area contributed by atoms with E-state index in [9.17, 15) is 39.2 Å². The number of aromatic nitrogens is 3. The molecule has 3 aromatic rings. The van der Waals surface area contributed by atoms with Crippen molar-refractivity contribution in [2.24, 2.45) is 0 Å². The zero-order chi connectivity index (χ0) is 42.7. The van der Waals surface area contributed by atoms with Gasteiger partial charge in [-0.15, -0.1) is 0 Å². The molecule has 16 nitrogen and oxygen atoms in total. The molecule has 0 spiro atoms.